The molecule has 1 rings (SSSR count). The van der Waals surface area contributed by atoms with Crippen LogP contribution in [0.3, 0.4) is 0 Å². The largest absolute Gasteiger partial charge is 0.462 e. The second-order valence-corrected chi connectivity index (χ2v) is 4.75. The van der Waals surface area contributed by atoms with Gasteiger partial charge in [0.2, 0.25) is 0 Å². The average Bonchev–Trinajstić information content (AvgIpc) is 2.51. The third-order valence-electron chi connectivity index (χ3n) is 3.14. The van der Waals surface area contributed by atoms with Crippen molar-refractivity contribution in [2.75, 3.05) is 33.5 Å². The van der Waals surface area contributed by atoms with E-state index in [0.717, 1.165) is 30.5 Å². The van der Waals surface area contributed by atoms with Gasteiger partial charge in [0.15, 0.2) is 5.92 Å². The van der Waals surface area contributed by atoms with Crippen LogP contribution in [0.2, 0.25) is 0 Å². The van der Waals surface area contributed by atoms with Crippen molar-refractivity contribution in [2.24, 2.45) is 10.9 Å². The molecule has 0 bridgehead atoms. The van der Waals surface area contributed by atoms with Crippen molar-refractivity contribution in [3.63, 3.8) is 0 Å². The molecule has 1 N–H and O–H groups in total. The fourth-order valence-electron chi connectivity index (χ4n) is 2.13. The first-order valence-electron chi connectivity index (χ1n) is 7.12. The summed E-state index contributed by atoms with van der Waals surface area (Å²) in [5, 5.41) is 17.8. The maximum atomic E-state index is 11.8. The van der Waals surface area contributed by atoms with Crippen LogP contribution in [0.15, 0.2) is 16.6 Å². The van der Waals surface area contributed by atoms with E-state index in [9.17, 15) is 4.79 Å². The van der Waals surface area contributed by atoms with Gasteiger partial charge in [0, 0.05) is 26.0 Å². The minimum absolute atomic E-state index is 0.0811. The van der Waals surface area contributed by atoms with Crippen LogP contribution in [-0.2, 0) is 14.3 Å². The molecule has 0 fully saturated rings. The van der Waals surface area contributed by atoms with Crippen molar-refractivity contribution in [3.05, 3.63) is 11.6 Å². The highest BCUT2D eigenvalue weighted by Crippen LogP contribution is 2.24. The number of carbonyl (C=O) groups is 1. The first-order chi connectivity index (χ1) is 10.2. The molecule has 0 radical (unpaired) electrons. The number of methoxy groups -OCH3 is 1. The molecular formula is C15H22N2O4. The van der Waals surface area contributed by atoms with Crippen molar-refractivity contribution in [1.82, 2.24) is 0 Å². The molecule has 1 unspecified atom stereocenters. The zero-order chi connectivity index (χ0) is 15.5. The lowest BCUT2D eigenvalue weighted by molar-refractivity contribution is -0.146. The highest BCUT2D eigenvalue weighted by Gasteiger charge is 2.26. The van der Waals surface area contributed by atoms with Crippen LogP contribution in [-0.4, -0.2) is 50.3 Å². The second kappa shape index (κ2) is 10.1. The van der Waals surface area contributed by atoms with E-state index in [-0.39, 0.29) is 13.2 Å². The summed E-state index contributed by atoms with van der Waals surface area (Å²) in [5.41, 5.74) is 1.67. The van der Waals surface area contributed by atoms with Crippen molar-refractivity contribution in [2.45, 2.75) is 25.7 Å². The van der Waals surface area contributed by atoms with Crippen LogP contribution < -0.4 is 0 Å². The van der Waals surface area contributed by atoms with Gasteiger partial charge in [-0.15, -0.1) is 0 Å². The number of hydrogen-bond acceptors (Lipinski definition) is 6. The molecule has 0 amide bonds. The number of aliphatic hydroxyl groups excluding tert-OH is 1. The zero-order valence-electron chi connectivity index (χ0n) is 12.4. The molecule has 116 valence electrons. The Balaban J connectivity index is 2.68. The molecular weight excluding hydrogens is 272 g/mol. The summed E-state index contributed by atoms with van der Waals surface area (Å²) in [6, 6.07) is 1.98. The summed E-state index contributed by atoms with van der Waals surface area (Å²) in [6.45, 7) is 1.03. The van der Waals surface area contributed by atoms with Crippen LogP contribution in [0.25, 0.3) is 0 Å². The smallest absolute Gasteiger partial charge is 0.327 e. The summed E-state index contributed by atoms with van der Waals surface area (Å²) >= 11 is 0. The van der Waals surface area contributed by atoms with E-state index < -0.39 is 11.9 Å². The van der Waals surface area contributed by atoms with Crippen LogP contribution in [0.5, 0.6) is 0 Å². The average molecular weight is 294 g/mol. The monoisotopic (exact) mass is 294 g/mol. The van der Waals surface area contributed by atoms with Crippen LogP contribution in [0.1, 0.15) is 25.7 Å². The summed E-state index contributed by atoms with van der Waals surface area (Å²) in [5.74, 6) is -1.50. The molecule has 0 aliphatic heterocycles. The first-order valence-corrected chi connectivity index (χ1v) is 7.12. The molecule has 1 atom stereocenters. The van der Waals surface area contributed by atoms with Gasteiger partial charge >= 0.3 is 5.97 Å². The van der Waals surface area contributed by atoms with Gasteiger partial charge in [0.05, 0.1) is 12.7 Å². The standard InChI is InChI=1S/C15H22N2O4/c1-20-8-3-6-17-13-5-2-4-12(10-13)14(11-16)15(19)21-9-7-18/h10,14,18H,2-9H2,1H3. The Hall–Kier alpha value is -1.71. The lowest BCUT2D eigenvalue weighted by Gasteiger charge is -2.18. The highest BCUT2D eigenvalue weighted by molar-refractivity contribution is 5.97. The first kappa shape index (κ1) is 17.3. The Bertz CT molecular complexity index is 437. The number of aliphatic hydroxyl groups is 1. The molecule has 6 heteroatoms. The van der Waals surface area contributed by atoms with E-state index in [1.54, 1.807) is 7.11 Å². The lowest BCUT2D eigenvalue weighted by Crippen LogP contribution is -2.22. The van der Waals surface area contributed by atoms with Gasteiger partial charge < -0.3 is 14.6 Å². The van der Waals surface area contributed by atoms with Crippen molar-refractivity contribution < 1.29 is 19.4 Å². The number of carbonyl (C=O) groups excluding carboxylic acids is 1. The Labute approximate surface area is 125 Å². The second-order valence-electron chi connectivity index (χ2n) is 4.75. The normalized spacial score (nSPS) is 18.0. The van der Waals surface area contributed by atoms with Gasteiger partial charge in [-0.25, -0.2) is 0 Å². The zero-order valence-corrected chi connectivity index (χ0v) is 12.4. The Morgan fingerprint density at radius 1 is 1.52 bits per heavy atom. The van der Waals surface area contributed by atoms with Crippen molar-refractivity contribution in [3.8, 4) is 6.07 Å². The maximum Gasteiger partial charge on any atom is 0.327 e. The number of aliphatic imine (C=N–C) groups is 1. The van der Waals surface area contributed by atoms with Gasteiger partial charge in [-0.05, 0) is 37.3 Å². The third-order valence-corrected chi connectivity index (χ3v) is 3.14. The number of esters is 1. The summed E-state index contributed by atoms with van der Waals surface area (Å²) in [6.07, 6.45) is 5.12. The maximum absolute atomic E-state index is 11.8. The van der Waals surface area contributed by atoms with E-state index in [4.69, 9.17) is 19.8 Å². The molecule has 1 aliphatic rings. The number of ether oxygens (including phenoxy) is 2. The topological polar surface area (TPSA) is 91.9 Å². The molecule has 1 aliphatic carbocycles. The van der Waals surface area contributed by atoms with E-state index >= 15 is 0 Å². The number of rotatable bonds is 8. The van der Waals surface area contributed by atoms with E-state index in [2.05, 4.69) is 4.99 Å². The van der Waals surface area contributed by atoms with E-state index in [1.807, 2.05) is 12.1 Å². The molecule has 0 aromatic rings. The molecule has 0 saturated heterocycles. The van der Waals surface area contributed by atoms with Crippen molar-refractivity contribution >= 4 is 11.7 Å². The van der Waals surface area contributed by atoms with Gasteiger partial charge in [-0.1, -0.05) is 0 Å². The predicted molar refractivity (Wildman–Crippen MR) is 77.9 cm³/mol. The number of allylic oxidation sites excluding steroid dienone is 1. The van der Waals surface area contributed by atoms with Gasteiger partial charge in [-0.2, -0.15) is 5.26 Å². The minimum Gasteiger partial charge on any atom is -0.462 e. The number of nitriles is 1. The predicted octanol–water partition coefficient (Wildman–Crippen LogP) is 1.25. The van der Waals surface area contributed by atoms with Crippen LogP contribution in [0.4, 0.5) is 0 Å². The number of hydrogen-bond donors (Lipinski definition) is 1. The SMILES string of the molecule is COCCCN=C1C=C(C(C#N)C(=O)OCCO)CCC1. The lowest BCUT2D eigenvalue weighted by atomic mass is 9.89. The number of nitrogens with zero attached hydrogens (tertiary/aromatic N) is 2. The minimum atomic E-state index is -0.902. The van der Waals surface area contributed by atoms with Crippen LogP contribution >= 0.6 is 0 Å². The quantitative estimate of drug-likeness (QED) is 0.537. The molecule has 0 aromatic carbocycles. The fourth-order valence-corrected chi connectivity index (χ4v) is 2.13. The van der Waals surface area contributed by atoms with Crippen LogP contribution in [0, 0.1) is 17.2 Å². The Morgan fingerprint density at radius 2 is 2.33 bits per heavy atom. The molecule has 0 aromatic heterocycles. The summed E-state index contributed by atoms with van der Waals surface area (Å²) < 4.78 is 9.80. The summed E-state index contributed by atoms with van der Waals surface area (Å²) in [7, 11) is 1.65. The van der Waals surface area contributed by atoms with Gasteiger partial charge in [0.1, 0.15) is 6.61 Å². The third kappa shape index (κ3) is 6.06. The molecule has 6 nitrogen and oxygen atoms in total. The summed E-state index contributed by atoms with van der Waals surface area (Å²) in [4.78, 5) is 16.3. The fraction of sp³-hybridized carbons (Fsp3) is 0.667. The molecule has 0 spiro atoms. The Kier molecular flexibility index (Phi) is 8.32. The highest BCUT2D eigenvalue weighted by atomic mass is 16.5. The van der Waals surface area contributed by atoms with Gasteiger partial charge in [-0.3, -0.25) is 9.79 Å². The molecule has 0 saturated carbocycles. The molecule has 0 heterocycles. The van der Waals surface area contributed by atoms with Gasteiger partial charge in [0.25, 0.3) is 0 Å². The molecule has 21 heavy (non-hydrogen) atoms. The Morgan fingerprint density at radius 3 is 3.00 bits per heavy atom. The van der Waals surface area contributed by atoms with E-state index in [0.29, 0.717) is 19.6 Å². The van der Waals surface area contributed by atoms with Crippen molar-refractivity contribution in [1.29, 1.82) is 5.26 Å². The van der Waals surface area contributed by atoms with E-state index in [1.165, 1.54) is 0 Å².